The van der Waals surface area contributed by atoms with Crippen LogP contribution in [0.3, 0.4) is 0 Å². The molecule has 1 aliphatic heterocycles. The van der Waals surface area contributed by atoms with Crippen LogP contribution in [-0.2, 0) is 0 Å². The van der Waals surface area contributed by atoms with E-state index in [1.54, 1.807) is 0 Å². The number of likely N-dealkylation sites (tertiary alicyclic amines) is 1. The van der Waals surface area contributed by atoms with Crippen LogP contribution in [0.15, 0.2) is 35.5 Å². The highest BCUT2D eigenvalue weighted by molar-refractivity contribution is 5.87. The number of aliphatic hydroxyl groups excluding tert-OH is 1. The summed E-state index contributed by atoms with van der Waals surface area (Å²) < 4.78 is 0. The first kappa shape index (κ1) is 13.8. The number of hydrogen-bond donors (Lipinski definition) is 3. The highest BCUT2D eigenvalue weighted by Gasteiger charge is 2.24. The second-order valence-electron chi connectivity index (χ2n) is 5.04. The Morgan fingerprint density at radius 3 is 2.79 bits per heavy atom. The Balaban J connectivity index is 2.11. The van der Waals surface area contributed by atoms with E-state index in [1.165, 1.54) is 0 Å². The zero-order valence-electron chi connectivity index (χ0n) is 10.9. The molecule has 1 heterocycles. The van der Waals surface area contributed by atoms with E-state index >= 15 is 0 Å². The molecule has 0 amide bonds. The minimum Gasteiger partial charge on any atom is -0.409 e. The molecular formula is C14H21N3O2. The lowest BCUT2D eigenvalue weighted by atomic mass is 9.96. The standard InChI is InChI=1S/C14H21N3O2/c15-14(16-19)13(11-5-2-1-3-6-11)10-17-8-4-7-12(18)9-17/h1-3,5-6,12-13,18-19H,4,7-10H2,(H2,15,16). The normalized spacial score (nSPS) is 23.2. The summed E-state index contributed by atoms with van der Waals surface area (Å²) in [6.07, 6.45) is 1.58. The van der Waals surface area contributed by atoms with Gasteiger partial charge in [-0.05, 0) is 24.9 Å². The average molecular weight is 263 g/mol. The Morgan fingerprint density at radius 2 is 2.16 bits per heavy atom. The second-order valence-corrected chi connectivity index (χ2v) is 5.04. The van der Waals surface area contributed by atoms with Gasteiger partial charge in [-0.2, -0.15) is 0 Å². The molecule has 1 saturated heterocycles. The zero-order valence-corrected chi connectivity index (χ0v) is 10.9. The van der Waals surface area contributed by atoms with Crippen LogP contribution in [-0.4, -0.2) is 46.8 Å². The number of oxime groups is 1. The lowest BCUT2D eigenvalue weighted by molar-refractivity contribution is 0.0700. The first-order chi connectivity index (χ1) is 9.20. The number of benzene rings is 1. The molecule has 1 aliphatic rings. The van der Waals surface area contributed by atoms with Gasteiger partial charge in [0.05, 0.1) is 12.0 Å². The van der Waals surface area contributed by atoms with Crippen molar-refractivity contribution >= 4 is 5.84 Å². The SMILES string of the molecule is NC(=NO)C(CN1CCCC(O)C1)c1ccccc1. The van der Waals surface area contributed by atoms with E-state index in [0.717, 1.165) is 24.9 Å². The Kier molecular flexibility index (Phi) is 4.76. The summed E-state index contributed by atoms with van der Waals surface area (Å²) in [4.78, 5) is 2.17. The number of nitrogens with two attached hydrogens (primary N) is 1. The van der Waals surface area contributed by atoms with Crippen molar-refractivity contribution < 1.29 is 10.3 Å². The van der Waals surface area contributed by atoms with Gasteiger partial charge in [0.1, 0.15) is 5.84 Å². The zero-order chi connectivity index (χ0) is 13.7. The molecule has 19 heavy (non-hydrogen) atoms. The molecule has 5 heteroatoms. The molecule has 1 aromatic rings. The van der Waals surface area contributed by atoms with Gasteiger partial charge in [-0.3, -0.25) is 4.90 Å². The van der Waals surface area contributed by atoms with E-state index in [0.29, 0.717) is 13.1 Å². The van der Waals surface area contributed by atoms with Crippen molar-refractivity contribution in [2.24, 2.45) is 10.9 Å². The summed E-state index contributed by atoms with van der Waals surface area (Å²) in [5.74, 6) is 0.0720. The fourth-order valence-corrected chi connectivity index (χ4v) is 2.58. The largest absolute Gasteiger partial charge is 0.409 e. The predicted octanol–water partition coefficient (Wildman–Crippen LogP) is 0.973. The molecule has 0 aromatic heterocycles. The number of aliphatic hydroxyl groups is 1. The van der Waals surface area contributed by atoms with Crippen LogP contribution in [0.5, 0.6) is 0 Å². The molecule has 104 valence electrons. The summed E-state index contributed by atoms with van der Waals surface area (Å²) in [6, 6.07) is 9.78. The molecule has 2 rings (SSSR count). The van der Waals surface area contributed by atoms with Crippen molar-refractivity contribution in [1.29, 1.82) is 0 Å². The fraction of sp³-hybridized carbons (Fsp3) is 0.500. The van der Waals surface area contributed by atoms with Crippen LogP contribution in [0.25, 0.3) is 0 Å². The molecule has 2 unspecified atom stereocenters. The van der Waals surface area contributed by atoms with Crippen LogP contribution in [0.1, 0.15) is 24.3 Å². The maximum Gasteiger partial charge on any atom is 0.147 e. The van der Waals surface area contributed by atoms with E-state index in [1.807, 2.05) is 30.3 Å². The summed E-state index contributed by atoms with van der Waals surface area (Å²) in [5, 5.41) is 21.8. The van der Waals surface area contributed by atoms with Gasteiger partial charge in [0.25, 0.3) is 0 Å². The molecule has 0 bridgehead atoms. The summed E-state index contributed by atoms with van der Waals surface area (Å²) in [5.41, 5.74) is 6.84. The van der Waals surface area contributed by atoms with Gasteiger partial charge in [0.15, 0.2) is 0 Å². The number of hydrogen-bond acceptors (Lipinski definition) is 4. The van der Waals surface area contributed by atoms with E-state index in [9.17, 15) is 5.11 Å². The third-order valence-electron chi connectivity index (χ3n) is 3.60. The quantitative estimate of drug-likeness (QED) is 0.327. The smallest absolute Gasteiger partial charge is 0.147 e. The van der Waals surface area contributed by atoms with Gasteiger partial charge in [-0.25, -0.2) is 0 Å². The minimum absolute atomic E-state index is 0.142. The average Bonchev–Trinajstić information content (AvgIpc) is 2.45. The van der Waals surface area contributed by atoms with Crippen LogP contribution >= 0.6 is 0 Å². The maximum atomic E-state index is 9.71. The molecule has 5 nitrogen and oxygen atoms in total. The Bertz CT molecular complexity index is 422. The van der Waals surface area contributed by atoms with E-state index in [-0.39, 0.29) is 17.9 Å². The van der Waals surface area contributed by atoms with Gasteiger partial charge in [-0.1, -0.05) is 35.5 Å². The summed E-state index contributed by atoms with van der Waals surface area (Å²) >= 11 is 0. The van der Waals surface area contributed by atoms with Crippen LogP contribution in [0.4, 0.5) is 0 Å². The predicted molar refractivity (Wildman–Crippen MR) is 74.3 cm³/mol. The second kappa shape index (κ2) is 6.54. The van der Waals surface area contributed by atoms with Gasteiger partial charge >= 0.3 is 0 Å². The van der Waals surface area contributed by atoms with Crippen molar-refractivity contribution in [2.45, 2.75) is 24.9 Å². The van der Waals surface area contributed by atoms with Crippen molar-refractivity contribution in [3.05, 3.63) is 35.9 Å². The Morgan fingerprint density at radius 1 is 1.42 bits per heavy atom. The van der Waals surface area contributed by atoms with Crippen molar-refractivity contribution in [1.82, 2.24) is 4.90 Å². The minimum atomic E-state index is -0.266. The van der Waals surface area contributed by atoms with Crippen LogP contribution < -0.4 is 5.73 Å². The van der Waals surface area contributed by atoms with Crippen molar-refractivity contribution in [2.75, 3.05) is 19.6 Å². The molecular weight excluding hydrogens is 242 g/mol. The molecule has 4 N–H and O–H groups in total. The van der Waals surface area contributed by atoms with Gasteiger partial charge in [-0.15, -0.1) is 0 Å². The van der Waals surface area contributed by atoms with E-state index < -0.39 is 0 Å². The Hall–Kier alpha value is -1.59. The van der Waals surface area contributed by atoms with Crippen LogP contribution in [0, 0.1) is 0 Å². The number of β-amino-alcohol motifs (C(OH)–C–C–N with tert-alkyl or cyclic N) is 1. The summed E-state index contributed by atoms with van der Waals surface area (Å²) in [7, 11) is 0. The number of nitrogens with zero attached hydrogens (tertiary/aromatic N) is 2. The molecule has 0 aliphatic carbocycles. The van der Waals surface area contributed by atoms with Gasteiger partial charge < -0.3 is 16.0 Å². The van der Waals surface area contributed by atoms with Gasteiger partial charge in [0.2, 0.25) is 0 Å². The van der Waals surface area contributed by atoms with Crippen molar-refractivity contribution in [3.63, 3.8) is 0 Å². The topological polar surface area (TPSA) is 82.1 Å². The third kappa shape index (κ3) is 3.68. The summed E-state index contributed by atoms with van der Waals surface area (Å²) in [6.45, 7) is 2.26. The Labute approximate surface area is 113 Å². The number of piperidine rings is 1. The molecule has 0 radical (unpaired) electrons. The lowest BCUT2D eigenvalue weighted by Crippen LogP contribution is -2.42. The highest BCUT2D eigenvalue weighted by Crippen LogP contribution is 2.20. The molecule has 2 atom stereocenters. The fourth-order valence-electron chi connectivity index (χ4n) is 2.58. The monoisotopic (exact) mass is 263 g/mol. The first-order valence-corrected chi connectivity index (χ1v) is 6.63. The van der Waals surface area contributed by atoms with E-state index in [2.05, 4.69) is 10.1 Å². The van der Waals surface area contributed by atoms with E-state index in [4.69, 9.17) is 10.9 Å². The lowest BCUT2D eigenvalue weighted by Gasteiger charge is -2.32. The van der Waals surface area contributed by atoms with Gasteiger partial charge in [0, 0.05) is 13.1 Å². The maximum absolute atomic E-state index is 9.71. The number of rotatable bonds is 4. The molecule has 1 aromatic carbocycles. The first-order valence-electron chi connectivity index (χ1n) is 6.63. The molecule has 0 saturated carbocycles. The number of amidine groups is 1. The third-order valence-corrected chi connectivity index (χ3v) is 3.60. The highest BCUT2D eigenvalue weighted by atomic mass is 16.4. The van der Waals surface area contributed by atoms with Crippen LogP contribution in [0.2, 0.25) is 0 Å². The molecule has 1 fully saturated rings. The molecule has 0 spiro atoms. The van der Waals surface area contributed by atoms with Crippen molar-refractivity contribution in [3.8, 4) is 0 Å².